The fourth-order valence-electron chi connectivity index (χ4n) is 3.05. The maximum atomic E-state index is 12.2. The Morgan fingerprint density at radius 3 is 2.76 bits per heavy atom. The van der Waals surface area contributed by atoms with Crippen LogP contribution in [-0.4, -0.2) is 40.2 Å². The van der Waals surface area contributed by atoms with Crippen LogP contribution in [0.25, 0.3) is 0 Å². The number of nitrogens with zero attached hydrogens (tertiary/aromatic N) is 3. The first-order chi connectivity index (χ1) is 12.2. The standard InChI is InChI=1S/C19H26N4O2/c1-22(12-4-13-23-14-11-20-15-23)19(24)21-16-7-9-18(10-8-16)25-17-5-2-3-6-17/h7-11,14-15,17H,2-6,12-13H2,1H3,(H,21,24). The van der Waals surface area contributed by atoms with Gasteiger partial charge in [-0.3, -0.25) is 0 Å². The highest BCUT2D eigenvalue weighted by atomic mass is 16.5. The van der Waals surface area contributed by atoms with E-state index < -0.39 is 0 Å². The maximum absolute atomic E-state index is 12.2. The number of anilines is 1. The summed E-state index contributed by atoms with van der Waals surface area (Å²) in [6, 6.07) is 7.53. The van der Waals surface area contributed by atoms with Gasteiger partial charge in [0.25, 0.3) is 0 Å². The molecule has 25 heavy (non-hydrogen) atoms. The van der Waals surface area contributed by atoms with Gasteiger partial charge >= 0.3 is 6.03 Å². The van der Waals surface area contributed by atoms with E-state index in [2.05, 4.69) is 10.3 Å². The summed E-state index contributed by atoms with van der Waals surface area (Å²) in [5, 5.41) is 2.92. The van der Waals surface area contributed by atoms with Crippen LogP contribution in [0.5, 0.6) is 5.75 Å². The first kappa shape index (κ1) is 17.3. The first-order valence-corrected chi connectivity index (χ1v) is 8.95. The SMILES string of the molecule is CN(CCCn1ccnc1)C(=O)Nc1ccc(OC2CCCC2)cc1. The van der Waals surface area contributed by atoms with Crippen LogP contribution in [0.1, 0.15) is 32.1 Å². The van der Waals surface area contributed by atoms with E-state index in [9.17, 15) is 4.79 Å². The number of aryl methyl sites for hydroxylation is 1. The van der Waals surface area contributed by atoms with E-state index >= 15 is 0 Å². The topological polar surface area (TPSA) is 59.4 Å². The normalized spacial score (nSPS) is 14.4. The van der Waals surface area contributed by atoms with Gasteiger partial charge in [-0.15, -0.1) is 0 Å². The smallest absolute Gasteiger partial charge is 0.321 e. The van der Waals surface area contributed by atoms with Gasteiger partial charge in [-0.1, -0.05) is 0 Å². The summed E-state index contributed by atoms with van der Waals surface area (Å²) in [4.78, 5) is 17.9. The van der Waals surface area contributed by atoms with Gasteiger partial charge < -0.3 is 19.5 Å². The molecule has 134 valence electrons. The van der Waals surface area contributed by atoms with Gasteiger partial charge in [0.1, 0.15) is 5.75 Å². The van der Waals surface area contributed by atoms with Gasteiger partial charge in [0.2, 0.25) is 0 Å². The minimum absolute atomic E-state index is 0.102. The third-order valence-corrected chi connectivity index (χ3v) is 4.53. The van der Waals surface area contributed by atoms with E-state index in [0.29, 0.717) is 12.6 Å². The lowest BCUT2D eigenvalue weighted by Crippen LogP contribution is -2.32. The molecule has 0 radical (unpaired) electrons. The third kappa shape index (κ3) is 5.24. The molecule has 1 N–H and O–H groups in total. The number of hydrogen-bond donors (Lipinski definition) is 1. The van der Waals surface area contributed by atoms with Crippen LogP contribution >= 0.6 is 0 Å². The number of benzene rings is 1. The summed E-state index contributed by atoms with van der Waals surface area (Å²) in [7, 11) is 1.81. The van der Waals surface area contributed by atoms with Crippen molar-refractivity contribution in [3.05, 3.63) is 43.0 Å². The lowest BCUT2D eigenvalue weighted by molar-refractivity contribution is 0.210. The number of amides is 2. The fourth-order valence-corrected chi connectivity index (χ4v) is 3.05. The van der Waals surface area contributed by atoms with Gasteiger partial charge in [0.15, 0.2) is 0 Å². The Morgan fingerprint density at radius 1 is 1.32 bits per heavy atom. The highest BCUT2D eigenvalue weighted by molar-refractivity contribution is 5.89. The summed E-state index contributed by atoms with van der Waals surface area (Å²) in [6.07, 6.45) is 11.5. The van der Waals surface area contributed by atoms with Crippen molar-refractivity contribution in [1.29, 1.82) is 0 Å². The number of imidazole rings is 1. The van der Waals surface area contributed by atoms with Gasteiger partial charge in [0.05, 0.1) is 12.4 Å². The minimum Gasteiger partial charge on any atom is -0.490 e. The molecule has 0 atom stereocenters. The lowest BCUT2D eigenvalue weighted by Gasteiger charge is -2.18. The van der Waals surface area contributed by atoms with Crippen LogP contribution < -0.4 is 10.1 Å². The number of carbonyl (C=O) groups excluding carboxylic acids is 1. The van der Waals surface area contributed by atoms with Crippen molar-refractivity contribution >= 4 is 11.7 Å². The maximum Gasteiger partial charge on any atom is 0.321 e. The van der Waals surface area contributed by atoms with Crippen LogP contribution in [-0.2, 0) is 6.54 Å². The van der Waals surface area contributed by atoms with E-state index in [1.165, 1.54) is 12.8 Å². The third-order valence-electron chi connectivity index (χ3n) is 4.53. The minimum atomic E-state index is -0.102. The monoisotopic (exact) mass is 342 g/mol. The molecule has 1 aliphatic rings. The average molecular weight is 342 g/mol. The van der Waals surface area contributed by atoms with Crippen molar-refractivity contribution in [1.82, 2.24) is 14.5 Å². The van der Waals surface area contributed by atoms with Crippen molar-refractivity contribution < 1.29 is 9.53 Å². The zero-order valence-corrected chi connectivity index (χ0v) is 14.7. The number of carbonyl (C=O) groups is 1. The Hall–Kier alpha value is -2.50. The molecule has 0 saturated heterocycles. The highest BCUT2D eigenvalue weighted by Crippen LogP contribution is 2.25. The zero-order chi connectivity index (χ0) is 17.5. The molecule has 6 nitrogen and oxygen atoms in total. The summed E-state index contributed by atoms with van der Waals surface area (Å²) >= 11 is 0. The summed E-state index contributed by atoms with van der Waals surface area (Å²) in [6.45, 7) is 1.54. The molecule has 1 aliphatic carbocycles. The fraction of sp³-hybridized carbons (Fsp3) is 0.474. The number of urea groups is 1. The molecule has 0 unspecified atom stereocenters. The van der Waals surface area contributed by atoms with Crippen molar-refractivity contribution in [3.63, 3.8) is 0 Å². The molecule has 1 aromatic carbocycles. The number of aromatic nitrogens is 2. The first-order valence-electron chi connectivity index (χ1n) is 8.95. The number of ether oxygens (including phenoxy) is 1. The number of nitrogens with one attached hydrogen (secondary N) is 1. The van der Waals surface area contributed by atoms with Crippen molar-refractivity contribution in [2.24, 2.45) is 0 Å². The van der Waals surface area contributed by atoms with E-state index in [0.717, 1.165) is 37.2 Å². The summed E-state index contributed by atoms with van der Waals surface area (Å²) in [5.41, 5.74) is 0.783. The van der Waals surface area contributed by atoms with Crippen molar-refractivity contribution in [2.45, 2.75) is 44.8 Å². The van der Waals surface area contributed by atoms with Gasteiger partial charge in [-0.25, -0.2) is 9.78 Å². The molecule has 2 amide bonds. The van der Waals surface area contributed by atoms with Crippen molar-refractivity contribution in [3.8, 4) is 5.75 Å². The van der Waals surface area contributed by atoms with E-state index in [-0.39, 0.29) is 6.03 Å². The summed E-state index contributed by atoms with van der Waals surface area (Å²) < 4.78 is 7.95. The molecule has 0 spiro atoms. The predicted molar refractivity (Wildman–Crippen MR) is 97.8 cm³/mol. The molecule has 3 rings (SSSR count). The van der Waals surface area contributed by atoms with Crippen LogP contribution in [0.4, 0.5) is 10.5 Å². The van der Waals surface area contributed by atoms with Crippen LogP contribution in [0.2, 0.25) is 0 Å². The molecule has 0 aliphatic heterocycles. The van der Waals surface area contributed by atoms with Crippen LogP contribution in [0.3, 0.4) is 0 Å². The van der Waals surface area contributed by atoms with E-state index in [4.69, 9.17) is 4.74 Å². The largest absolute Gasteiger partial charge is 0.490 e. The summed E-state index contributed by atoms with van der Waals surface area (Å²) in [5.74, 6) is 0.874. The zero-order valence-electron chi connectivity index (χ0n) is 14.7. The van der Waals surface area contributed by atoms with Gasteiger partial charge in [0, 0.05) is 38.2 Å². The molecule has 1 aromatic heterocycles. The molecular formula is C19H26N4O2. The second-order valence-corrected chi connectivity index (χ2v) is 6.55. The van der Waals surface area contributed by atoms with Crippen molar-refractivity contribution in [2.75, 3.05) is 18.9 Å². The Bertz CT molecular complexity index is 649. The van der Waals surface area contributed by atoms with Crippen LogP contribution in [0, 0.1) is 0 Å². The second-order valence-electron chi connectivity index (χ2n) is 6.55. The molecule has 1 saturated carbocycles. The molecular weight excluding hydrogens is 316 g/mol. The molecule has 0 bridgehead atoms. The Kier molecular flexibility index (Phi) is 5.93. The van der Waals surface area contributed by atoms with E-state index in [1.807, 2.05) is 35.0 Å². The predicted octanol–water partition coefficient (Wildman–Crippen LogP) is 3.76. The highest BCUT2D eigenvalue weighted by Gasteiger charge is 2.16. The Morgan fingerprint density at radius 2 is 2.08 bits per heavy atom. The van der Waals surface area contributed by atoms with Gasteiger partial charge in [-0.2, -0.15) is 0 Å². The average Bonchev–Trinajstić information content (AvgIpc) is 3.30. The Balaban J connectivity index is 1.41. The molecule has 2 aromatic rings. The quantitative estimate of drug-likeness (QED) is 0.833. The van der Waals surface area contributed by atoms with Crippen LogP contribution in [0.15, 0.2) is 43.0 Å². The molecule has 1 heterocycles. The second kappa shape index (κ2) is 8.55. The number of hydrogen-bond acceptors (Lipinski definition) is 3. The van der Waals surface area contributed by atoms with E-state index in [1.54, 1.807) is 24.5 Å². The van der Waals surface area contributed by atoms with Gasteiger partial charge in [-0.05, 0) is 56.4 Å². The lowest BCUT2D eigenvalue weighted by atomic mass is 10.2. The Labute approximate surface area is 148 Å². The number of rotatable bonds is 7. The molecule has 6 heteroatoms. The molecule has 1 fully saturated rings.